The summed E-state index contributed by atoms with van der Waals surface area (Å²) in [5.41, 5.74) is -0.208. The largest absolute Gasteiger partial charge is 0.459 e. The molecule has 17 atom stereocenters. The van der Waals surface area contributed by atoms with Gasteiger partial charge in [0, 0.05) is 76.7 Å². The average molecular weight is 1070 g/mol. The summed E-state index contributed by atoms with van der Waals surface area (Å²) in [6.07, 6.45) is 1.94. The van der Waals surface area contributed by atoms with Crippen molar-refractivity contribution in [2.45, 2.75) is 224 Å². The highest BCUT2D eigenvalue weighted by molar-refractivity contribution is 5.73. The van der Waals surface area contributed by atoms with E-state index < -0.39 is 89.9 Å². The molecule has 0 spiro atoms. The number of methoxy groups -OCH3 is 1. The van der Waals surface area contributed by atoms with Crippen molar-refractivity contribution in [2.24, 2.45) is 17.8 Å². The summed E-state index contributed by atoms with van der Waals surface area (Å²) in [4.78, 5) is 20.9. The number of nitrogens with zero attached hydrogens (tertiary/aromatic N) is 9. The second-order valence-electron chi connectivity index (χ2n) is 23.8. The molecule has 430 valence electrons. The van der Waals surface area contributed by atoms with Gasteiger partial charge in [-0.25, -0.2) is 4.68 Å². The Kier molecular flexibility index (Phi) is 21.6. The number of carbonyl (C=O) groups is 1. The van der Waals surface area contributed by atoms with Crippen LogP contribution in [0.3, 0.4) is 0 Å². The molecule has 4 N–H and O–H groups in total. The van der Waals surface area contributed by atoms with Crippen LogP contribution >= 0.6 is 0 Å². The zero-order chi connectivity index (χ0) is 55.9. The number of likely N-dealkylation sites (N-methyl/N-ethyl adjacent to an activating group) is 2. The lowest BCUT2D eigenvalue weighted by molar-refractivity contribution is -0.308. The van der Waals surface area contributed by atoms with Gasteiger partial charge >= 0.3 is 5.97 Å². The first-order chi connectivity index (χ1) is 35.7. The van der Waals surface area contributed by atoms with Gasteiger partial charge < -0.3 is 63.5 Å². The first kappa shape index (κ1) is 61.7. The number of ether oxygens (including phenoxy) is 6. The van der Waals surface area contributed by atoms with E-state index in [9.17, 15) is 25.2 Å². The Morgan fingerprint density at radius 3 is 2.21 bits per heavy atom. The lowest BCUT2D eigenvalue weighted by Gasteiger charge is -2.48. The monoisotopic (exact) mass is 1070 g/mol. The Morgan fingerprint density at radius 2 is 1.54 bits per heavy atom. The second kappa shape index (κ2) is 26.6. The van der Waals surface area contributed by atoms with Gasteiger partial charge in [-0.1, -0.05) is 43.3 Å². The molecule has 3 aromatic rings. The average Bonchev–Trinajstić information content (AvgIpc) is 4.04. The summed E-state index contributed by atoms with van der Waals surface area (Å²) in [5, 5.41) is 65.1. The molecule has 0 aliphatic carbocycles. The Bertz CT molecular complexity index is 2250. The molecule has 76 heavy (non-hydrogen) atoms. The van der Waals surface area contributed by atoms with Gasteiger partial charge in [-0.15, -0.1) is 10.2 Å². The van der Waals surface area contributed by atoms with Crippen LogP contribution in [0.5, 0.6) is 0 Å². The number of rotatable bonds is 18. The summed E-state index contributed by atoms with van der Waals surface area (Å²) >= 11 is 0. The summed E-state index contributed by atoms with van der Waals surface area (Å²) in [6, 6.07) is 8.03. The molecule has 0 unspecified atom stereocenters. The highest BCUT2D eigenvalue weighted by atomic mass is 16.7. The van der Waals surface area contributed by atoms with Crippen molar-refractivity contribution in [3.8, 4) is 5.69 Å². The predicted molar refractivity (Wildman–Crippen MR) is 287 cm³/mol. The van der Waals surface area contributed by atoms with E-state index in [4.69, 9.17) is 28.4 Å². The number of aryl methyl sites for hydroxylation is 2. The maximum absolute atomic E-state index is 14.5. The van der Waals surface area contributed by atoms with E-state index in [0.717, 1.165) is 62.4 Å². The van der Waals surface area contributed by atoms with Gasteiger partial charge in [0.2, 0.25) is 0 Å². The van der Waals surface area contributed by atoms with Gasteiger partial charge in [-0.2, -0.15) is 0 Å². The van der Waals surface area contributed by atoms with Crippen molar-refractivity contribution >= 4 is 5.97 Å². The lowest BCUT2D eigenvalue weighted by Crippen LogP contribution is -2.59. The quantitative estimate of drug-likeness (QED) is 0.0992. The highest BCUT2D eigenvalue weighted by Crippen LogP contribution is 2.40. The first-order valence-electron chi connectivity index (χ1n) is 27.9. The van der Waals surface area contributed by atoms with E-state index in [2.05, 4.69) is 61.7 Å². The Labute approximate surface area is 452 Å². The summed E-state index contributed by atoms with van der Waals surface area (Å²) < 4.78 is 42.5. The molecule has 3 aliphatic heterocycles. The fourth-order valence-electron chi connectivity index (χ4n) is 11.9. The number of benzene rings is 1. The zero-order valence-corrected chi connectivity index (χ0v) is 48.4. The van der Waals surface area contributed by atoms with Gasteiger partial charge in [0.1, 0.15) is 23.9 Å². The number of cyclic esters (lactones) is 1. The van der Waals surface area contributed by atoms with Crippen molar-refractivity contribution in [3.05, 3.63) is 53.6 Å². The third kappa shape index (κ3) is 15.6. The maximum atomic E-state index is 14.5. The van der Waals surface area contributed by atoms with Crippen molar-refractivity contribution in [1.29, 1.82) is 0 Å². The van der Waals surface area contributed by atoms with E-state index in [0.29, 0.717) is 19.4 Å². The van der Waals surface area contributed by atoms with Crippen LogP contribution in [0, 0.1) is 17.8 Å². The molecule has 0 saturated carbocycles. The number of hydrogen-bond donors (Lipinski definition) is 4. The van der Waals surface area contributed by atoms with E-state index >= 15 is 0 Å². The lowest BCUT2D eigenvalue weighted by atomic mass is 9.77. The van der Waals surface area contributed by atoms with E-state index in [1.54, 1.807) is 34.6 Å². The Hall–Kier alpha value is -3.51. The van der Waals surface area contributed by atoms with Gasteiger partial charge in [0.05, 0.1) is 64.8 Å². The third-order valence-corrected chi connectivity index (χ3v) is 16.7. The molecular weight excluding hydrogens is 975 g/mol. The molecule has 5 heterocycles. The van der Waals surface area contributed by atoms with Crippen LogP contribution in [0.4, 0.5) is 0 Å². The number of aromatic nitrogens is 6. The Balaban J connectivity index is 1.14. The van der Waals surface area contributed by atoms with Gasteiger partial charge in [0.15, 0.2) is 12.6 Å². The fourth-order valence-corrected chi connectivity index (χ4v) is 11.9. The van der Waals surface area contributed by atoms with E-state index in [1.165, 1.54) is 19.6 Å². The van der Waals surface area contributed by atoms with Crippen molar-refractivity contribution in [2.75, 3.05) is 48.4 Å². The molecule has 2 aromatic heterocycles. The van der Waals surface area contributed by atoms with Crippen molar-refractivity contribution in [1.82, 2.24) is 44.7 Å². The number of hydrogen-bond acceptors (Lipinski definition) is 18. The molecule has 6 rings (SSSR count). The van der Waals surface area contributed by atoms with Crippen molar-refractivity contribution in [3.63, 3.8) is 0 Å². The number of unbranched alkanes of at least 4 members (excludes halogenated alkanes) is 1. The molecule has 20 nitrogen and oxygen atoms in total. The van der Waals surface area contributed by atoms with E-state index in [1.807, 2.05) is 75.5 Å². The number of esters is 1. The zero-order valence-electron chi connectivity index (χ0n) is 48.4. The van der Waals surface area contributed by atoms with Crippen LogP contribution in [-0.4, -0.2) is 204 Å². The van der Waals surface area contributed by atoms with Crippen LogP contribution in [0.25, 0.3) is 5.69 Å². The van der Waals surface area contributed by atoms with Crippen LogP contribution < -0.4 is 0 Å². The summed E-state index contributed by atoms with van der Waals surface area (Å²) in [7, 11) is 9.55. The minimum atomic E-state index is -1.80. The molecule has 20 heteroatoms. The molecule has 1 aromatic carbocycles. The van der Waals surface area contributed by atoms with Crippen LogP contribution in [0.1, 0.15) is 131 Å². The number of carbonyl (C=O) groups excluding carboxylic acids is 1. The van der Waals surface area contributed by atoms with Crippen molar-refractivity contribution < 1.29 is 53.6 Å². The minimum Gasteiger partial charge on any atom is -0.459 e. The van der Waals surface area contributed by atoms with Gasteiger partial charge in [-0.05, 0) is 139 Å². The van der Waals surface area contributed by atoms with Crippen LogP contribution in [0.2, 0.25) is 0 Å². The van der Waals surface area contributed by atoms with Crippen LogP contribution in [0.15, 0.2) is 36.7 Å². The van der Waals surface area contributed by atoms with Gasteiger partial charge in [-0.3, -0.25) is 9.48 Å². The summed E-state index contributed by atoms with van der Waals surface area (Å²) in [5.74, 6) is -2.44. The Morgan fingerprint density at radius 1 is 0.842 bits per heavy atom. The van der Waals surface area contributed by atoms with Crippen LogP contribution in [-0.2, 0) is 59.1 Å². The third-order valence-electron chi connectivity index (χ3n) is 16.7. The molecule has 3 fully saturated rings. The summed E-state index contributed by atoms with van der Waals surface area (Å²) in [6.45, 7) is 20.9. The number of aliphatic hydroxyl groups excluding tert-OH is 2. The first-order valence-corrected chi connectivity index (χ1v) is 27.9. The second-order valence-corrected chi connectivity index (χ2v) is 23.8. The molecule has 3 aliphatic rings. The fraction of sp³-hybridized carbons (Fsp3) is 0.804. The molecule has 0 bridgehead atoms. The smallest absolute Gasteiger partial charge is 0.311 e. The molecular formula is C56H95N9O11. The SMILES string of the molecule is CC[C@H]1OC(=O)[C@H](C)[C@@H](O[C@H]2C[C@@](C)(OC)[C@@H](O)[C@H](C)O2)[C@H](C)[C@@H](O[C@H]2C[C@@H](N(C)CCc3cn(CCCCc4ccc(-n5cc(CN(C)C)nn5)cc4)nn3)C[C@@H](C)O2)[C@](C)(O)C[C@@H](C)CN(C)[C@H](C)[C@@H](O)[C@]1(C)O. The number of aliphatic hydroxyl groups is 4. The highest BCUT2D eigenvalue weighted by Gasteiger charge is 2.52. The normalized spacial score (nSPS) is 36.8. The predicted octanol–water partition coefficient (Wildman–Crippen LogP) is 4.80. The molecule has 3 saturated heterocycles. The minimum absolute atomic E-state index is 0.0765. The maximum Gasteiger partial charge on any atom is 0.311 e. The topological polar surface area (TPSA) is 225 Å². The molecule has 0 amide bonds. The van der Waals surface area contributed by atoms with E-state index in [-0.39, 0.29) is 37.3 Å². The molecule has 0 radical (unpaired) electrons. The van der Waals surface area contributed by atoms with Gasteiger partial charge in [0.25, 0.3) is 0 Å². The standard InChI is InChI=1S/C56H95N9O11/c1-16-46-56(10,70)50(66)39(6)63(14)31-35(2)29-54(8,69)52(37(4)49(38(5)53(68)74-46)75-48-30-55(9,71-15)51(67)40(7)73-48)76-47-28-45(27-36(3)72-47)62(13)26-24-42-33-64(59-57-42)25-18-17-19-41-20-22-44(23-21-41)65-34-43(58-60-65)32-61(11)12/h20-23,33-40,45-52,66-67,69-70H,16-19,24-32H2,1-15H3/t35-,36-,37+,38-,39-,40+,45+,46-,47+,48+,49+,50-,51+,52-,54-,55-,56-/m1/s1.